The van der Waals surface area contributed by atoms with E-state index in [1.165, 1.54) is 38.6 Å². The molecule has 0 radical (unpaired) electrons. The predicted octanol–water partition coefficient (Wildman–Crippen LogP) is 9.64. The summed E-state index contributed by atoms with van der Waals surface area (Å²) >= 11 is 0. The molecule has 37 heavy (non-hydrogen) atoms. The zero-order chi connectivity index (χ0) is 25.3. The van der Waals surface area contributed by atoms with E-state index in [1.54, 1.807) is 0 Å². The zero-order valence-corrected chi connectivity index (χ0v) is 21.5. The number of rotatable bonds is 1. The Bertz CT molecular complexity index is 1840. The highest BCUT2D eigenvalue weighted by atomic mass is 16.3. The molecule has 3 heterocycles. The first kappa shape index (κ1) is 21.9. The minimum Gasteiger partial charge on any atom is -0.456 e. The molecule has 3 nitrogen and oxygen atoms in total. The maximum atomic E-state index is 6.54. The minimum absolute atomic E-state index is 0.0542. The summed E-state index contributed by atoms with van der Waals surface area (Å²) in [4.78, 5) is 4.60. The largest absolute Gasteiger partial charge is 0.456 e. The highest BCUT2D eigenvalue weighted by Crippen LogP contribution is 2.49. The SMILES string of the molecule is Cc1c2cc3oc4ccc(C(C)(C)C)cc4c3c1-c1ccccc1Nc1ccc(-c3ccccn3)cc1-2. The van der Waals surface area contributed by atoms with Gasteiger partial charge in [-0.3, -0.25) is 4.98 Å². The number of pyridine rings is 1. The summed E-state index contributed by atoms with van der Waals surface area (Å²) in [5.41, 5.74) is 13.4. The second-order valence-corrected chi connectivity index (χ2v) is 11.0. The monoisotopic (exact) mass is 480 g/mol. The van der Waals surface area contributed by atoms with Crippen LogP contribution < -0.4 is 5.32 Å². The van der Waals surface area contributed by atoms with E-state index in [4.69, 9.17) is 4.42 Å². The summed E-state index contributed by atoms with van der Waals surface area (Å²) in [5, 5.41) is 6.10. The molecule has 2 aromatic heterocycles. The molecule has 180 valence electrons. The maximum absolute atomic E-state index is 6.54. The Morgan fingerprint density at radius 3 is 2.35 bits per heavy atom. The fourth-order valence-corrected chi connectivity index (χ4v) is 5.64. The summed E-state index contributed by atoms with van der Waals surface area (Å²) < 4.78 is 6.54. The van der Waals surface area contributed by atoms with Crippen LogP contribution in [0, 0.1) is 6.92 Å². The topological polar surface area (TPSA) is 38.1 Å². The molecule has 1 aliphatic rings. The van der Waals surface area contributed by atoms with E-state index in [-0.39, 0.29) is 5.41 Å². The third kappa shape index (κ3) is 3.38. The normalized spacial score (nSPS) is 12.5. The van der Waals surface area contributed by atoms with Crippen molar-refractivity contribution in [2.45, 2.75) is 33.1 Å². The lowest BCUT2D eigenvalue weighted by molar-refractivity contribution is 0.590. The zero-order valence-electron chi connectivity index (χ0n) is 21.5. The first-order chi connectivity index (χ1) is 17.9. The van der Waals surface area contributed by atoms with Crippen LogP contribution in [0.15, 0.2) is 95.5 Å². The van der Waals surface area contributed by atoms with E-state index in [2.05, 4.69) is 111 Å². The Morgan fingerprint density at radius 1 is 0.730 bits per heavy atom. The van der Waals surface area contributed by atoms with Gasteiger partial charge in [0.05, 0.1) is 5.69 Å². The summed E-state index contributed by atoms with van der Waals surface area (Å²) in [6.07, 6.45) is 1.84. The van der Waals surface area contributed by atoms with Gasteiger partial charge < -0.3 is 9.73 Å². The number of nitrogens with zero attached hydrogens (tertiary/aromatic N) is 1. The molecule has 2 bridgehead atoms. The van der Waals surface area contributed by atoms with Crippen LogP contribution in [0.2, 0.25) is 0 Å². The van der Waals surface area contributed by atoms with Crippen molar-refractivity contribution in [1.82, 2.24) is 4.98 Å². The van der Waals surface area contributed by atoms with E-state index < -0.39 is 0 Å². The van der Waals surface area contributed by atoms with E-state index in [0.29, 0.717) is 0 Å². The lowest BCUT2D eigenvalue weighted by Gasteiger charge is -2.24. The molecular formula is C34H28N2O. The summed E-state index contributed by atoms with van der Waals surface area (Å²) in [6, 6.07) is 30.1. The van der Waals surface area contributed by atoms with Crippen molar-refractivity contribution >= 4 is 33.3 Å². The third-order valence-electron chi connectivity index (χ3n) is 7.62. The number of nitrogens with one attached hydrogen (secondary N) is 1. The second-order valence-electron chi connectivity index (χ2n) is 11.0. The van der Waals surface area contributed by atoms with Gasteiger partial charge in [-0.05, 0) is 83.1 Å². The molecule has 0 saturated heterocycles. The fourth-order valence-electron chi connectivity index (χ4n) is 5.64. The van der Waals surface area contributed by atoms with Gasteiger partial charge in [0.15, 0.2) is 0 Å². The maximum Gasteiger partial charge on any atom is 0.136 e. The predicted molar refractivity (Wildman–Crippen MR) is 155 cm³/mol. The van der Waals surface area contributed by atoms with Gasteiger partial charge in [0.2, 0.25) is 0 Å². The number of aromatic nitrogens is 1. The van der Waals surface area contributed by atoms with Crippen LogP contribution in [0.3, 0.4) is 0 Å². The van der Waals surface area contributed by atoms with Crippen LogP contribution in [-0.4, -0.2) is 4.98 Å². The molecule has 0 saturated carbocycles. The third-order valence-corrected chi connectivity index (χ3v) is 7.62. The molecule has 1 N–H and O–H groups in total. The van der Waals surface area contributed by atoms with E-state index in [1.807, 2.05) is 18.3 Å². The van der Waals surface area contributed by atoms with Gasteiger partial charge in [0.1, 0.15) is 11.2 Å². The van der Waals surface area contributed by atoms with Crippen molar-refractivity contribution in [3.8, 4) is 33.5 Å². The molecule has 3 heteroatoms. The summed E-state index contributed by atoms with van der Waals surface area (Å²) in [7, 11) is 0. The molecule has 1 aliphatic heterocycles. The van der Waals surface area contributed by atoms with Gasteiger partial charge in [-0.2, -0.15) is 0 Å². The molecule has 0 atom stereocenters. The average Bonchev–Trinajstić information content (AvgIpc) is 3.26. The van der Waals surface area contributed by atoms with Crippen molar-refractivity contribution in [2.24, 2.45) is 0 Å². The fraction of sp³-hybridized carbons (Fsp3) is 0.147. The minimum atomic E-state index is 0.0542. The lowest BCUT2D eigenvalue weighted by Crippen LogP contribution is -2.10. The van der Waals surface area contributed by atoms with Crippen molar-refractivity contribution < 1.29 is 4.42 Å². The molecule has 0 aliphatic carbocycles. The quantitative estimate of drug-likeness (QED) is 0.254. The number of benzene rings is 4. The first-order valence-electron chi connectivity index (χ1n) is 12.8. The molecule has 7 rings (SSSR count). The Balaban J connectivity index is 1.60. The number of furan rings is 1. The van der Waals surface area contributed by atoms with E-state index in [0.717, 1.165) is 39.4 Å². The van der Waals surface area contributed by atoms with Crippen molar-refractivity contribution in [1.29, 1.82) is 0 Å². The Kier molecular flexibility index (Phi) is 4.62. The Labute approximate surface area is 216 Å². The van der Waals surface area contributed by atoms with Gasteiger partial charge >= 0.3 is 0 Å². The van der Waals surface area contributed by atoms with Crippen LogP contribution in [-0.2, 0) is 5.41 Å². The highest BCUT2D eigenvalue weighted by Gasteiger charge is 2.25. The smallest absolute Gasteiger partial charge is 0.136 e. The van der Waals surface area contributed by atoms with E-state index >= 15 is 0 Å². The van der Waals surface area contributed by atoms with Crippen LogP contribution in [0.1, 0.15) is 31.9 Å². The van der Waals surface area contributed by atoms with E-state index in [9.17, 15) is 0 Å². The molecule has 0 spiro atoms. The average molecular weight is 481 g/mol. The molecule has 0 fully saturated rings. The number of hydrogen-bond acceptors (Lipinski definition) is 3. The highest BCUT2D eigenvalue weighted by molar-refractivity contribution is 6.17. The Morgan fingerprint density at radius 2 is 1.54 bits per heavy atom. The van der Waals surface area contributed by atoms with Crippen molar-refractivity contribution in [2.75, 3.05) is 5.32 Å². The summed E-state index contributed by atoms with van der Waals surface area (Å²) in [6.45, 7) is 9.02. The van der Waals surface area contributed by atoms with Crippen molar-refractivity contribution in [3.05, 3.63) is 102 Å². The molecule has 0 amide bonds. The number of anilines is 2. The van der Waals surface area contributed by atoms with Crippen LogP contribution >= 0.6 is 0 Å². The molecule has 6 aromatic rings. The second kappa shape index (κ2) is 7.81. The molecule has 0 unspecified atom stereocenters. The van der Waals surface area contributed by atoms with Crippen LogP contribution in [0.25, 0.3) is 55.4 Å². The van der Waals surface area contributed by atoms with Gasteiger partial charge in [-0.1, -0.05) is 57.2 Å². The standard InChI is InChI=1S/C34H28N2O/c1-20-24-19-31-33(26-18-22(34(2,3)4)13-15-30(26)37-31)32(20)23-9-5-6-11-28(23)36-29-14-12-21(17-25(24)29)27-10-7-8-16-35-27/h5-19,36H,1-4H3. The van der Waals surface area contributed by atoms with Gasteiger partial charge in [0, 0.05) is 45.0 Å². The first-order valence-corrected chi connectivity index (χ1v) is 12.8. The Hall–Kier alpha value is -4.37. The van der Waals surface area contributed by atoms with Gasteiger partial charge in [-0.15, -0.1) is 0 Å². The van der Waals surface area contributed by atoms with Crippen LogP contribution in [0.4, 0.5) is 11.4 Å². The number of fused-ring (bicyclic) bond motifs is 10. The number of hydrogen-bond donors (Lipinski definition) is 1. The van der Waals surface area contributed by atoms with Crippen LogP contribution in [0.5, 0.6) is 0 Å². The van der Waals surface area contributed by atoms with Gasteiger partial charge in [0.25, 0.3) is 0 Å². The molecule has 4 aromatic carbocycles. The van der Waals surface area contributed by atoms with Gasteiger partial charge in [-0.25, -0.2) is 0 Å². The molecular weight excluding hydrogens is 452 g/mol. The lowest BCUT2D eigenvalue weighted by atomic mass is 9.84. The van der Waals surface area contributed by atoms with Crippen molar-refractivity contribution in [3.63, 3.8) is 0 Å². The number of para-hydroxylation sites is 1. The summed E-state index contributed by atoms with van der Waals surface area (Å²) in [5.74, 6) is 0.